The number of hydrogen-bond acceptors (Lipinski definition) is 0. The first-order valence-electron chi connectivity index (χ1n) is 8.86. The lowest BCUT2D eigenvalue weighted by Gasteiger charge is -2.02. The summed E-state index contributed by atoms with van der Waals surface area (Å²) in [4.78, 5) is 3.31. The van der Waals surface area contributed by atoms with Crippen molar-refractivity contribution in [2.75, 3.05) is 0 Å². The normalized spacial score (nSPS) is 11.1. The molecule has 1 aromatic rings. The fraction of sp³-hybridized carbons (Fsp3) is 0.833. The van der Waals surface area contributed by atoms with Crippen molar-refractivity contribution < 1.29 is 4.57 Å². The molecule has 1 heterocycles. The lowest BCUT2D eigenvalue weighted by molar-refractivity contribution is -0.677. The molecule has 0 saturated heterocycles. The fourth-order valence-electron chi connectivity index (χ4n) is 2.82. The Morgan fingerprint density at radius 1 is 0.800 bits per heavy atom. The van der Waals surface area contributed by atoms with Gasteiger partial charge in [-0.2, -0.15) is 0 Å². The van der Waals surface area contributed by atoms with Gasteiger partial charge in [-0.1, -0.05) is 77.6 Å². The SMILES string of the molecule is CCCCCCCCCCCCCCc1[nH]cc[n+]1C. The van der Waals surface area contributed by atoms with Crippen molar-refractivity contribution in [2.45, 2.75) is 90.4 Å². The van der Waals surface area contributed by atoms with Crippen LogP contribution in [0.1, 0.15) is 89.8 Å². The number of imidazole rings is 1. The Bertz CT molecular complexity index is 317. The molecule has 0 radical (unpaired) electrons. The quantitative estimate of drug-likeness (QED) is 0.383. The maximum absolute atomic E-state index is 3.31. The van der Waals surface area contributed by atoms with E-state index in [-0.39, 0.29) is 0 Å². The third-order valence-corrected chi connectivity index (χ3v) is 4.24. The Kier molecular flexibility index (Phi) is 10.3. The average molecular weight is 279 g/mol. The van der Waals surface area contributed by atoms with Crippen LogP contribution in [0.3, 0.4) is 0 Å². The molecule has 0 aliphatic carbocycles. The molecular formula is C18H35N2+. The highest BCUT2D eigenvalue weighted by atomic mass is 15.0. The molecule has 0 unspecified atom stereocenters. The molecule has 2 heteroatoms. The Hall–Kier alpha value is -0.790. The van der Waals surface area contributed by atoms with Gasteiger partial charge in [0.25, 0.3) is 5.82 Å². The number of rotatable bonds is 13. The van der Waals surface area contributed by atoms with Gasteiger partial charge in [0.1, 0.15) is 12.4 Å². The van der Waals surface area contributed by atoms with Gasteiger partial charge in [0.05, 0.1) is 7.05 Å². The molecule has 0 spiro atoms. The van der Waals surface area contributed by atoms with Crippen molar-refractivity contribution in [3.05, 3.63) is 18.2 Å². The van der Waals surface area contributed by atoms with Gasteiger partial charge in [-0.15, -0.1) is 0 Å². The molecule has 0 aliphatic rings. The van der Waals surface area contributed by atoms with Crippen LogP contribution < -0.4 is 4.57 Å². The minimum atomic E-state index is 1.20. The van der Waals surface area contributed by atoms with Crippen molar-refractivity contribution in [3.63, 3.8) is 0 Å². The van der Waals surface area contributed by atoms with Crippen LogP contribution >= 0.6 is 0 Å². The van der Waals surface area contributed by atoms with Crippen LogP contribution in [0.5, 0.6) is 0 Å². The zero-order valence-electron chi connectivity index (χ0n) is 13.8. The summed E-state index contributed by atoms with van der Waals surface area (Å²) in [5, 5.41) is 0. The number of aromatic amines is 1. The molecule has 20 heavy (non-hydrogen) atoms. The minimum Gasteiger partial charge on any atom is -0.248 e. The van der Waals surface area contributed by atoms with Gasteiger partial charge in [-0.05, 0) is 6.42 Å². The molecule has 0 saturated carbocycles. The summed E-state index contributed by atoms with van der Waals surface area (Å²) >= 11 is 0. The molecule has 0 fully saturated rings. The summed E-state index contributed by atoms with van der Waals surface area (Å²) in [6, 6.07) is 0. The van der Waals surface area contributed by atoms with Crippen molar-refractivity contribution in [1.29, 1.82) is 0 Å². The second kappa shape index (κ2) is 12.0. The van der Waals surface area contributed by atoms with Gasteiger partial charge >= 0.3 is 0 Å². The molecule has 116 valence electrons. The van der Waals surface area contributed by atoms with Crippen molar-refractivity contribution in [1.82, 2.24) is 4.98 Å². The number of aromatic nitrogens is 2. The monoisotopic (exact) mass is 279 g/mol. The predicted octanol–water partition coefficient (Wildman–Crippen LogP) is 5.08. The third-order valence-electron chi connectivity index (χ3n) is 4.24. The van der Waals surface area contributed by atoms with E-state index < -0.39 is 0 Å². The highest BCUT2D eigenvalue weighted by Crippen LogP contribution is 2.12. The average Bonchev–Trinajstić information content (AvgIpc) is 2.85. The molecule has 2 nitrogen and oxygen atoms in total. The van der Waals surface area contributed by atoms with E-state index in [0.717, 1.165) is 0 Å². The highest BCUT2D eigenvalue weighted by Gasteiger charge is 2.04. The van der Waals surface area contributed by atoms with E-state index >= 15 is 0 Å². The van der Waals surface area contributed by atoms with Crippen LogP contribution in [0.4, 0.5) is 0 Å². The van der Waals surface area contributed by atoms with E-state index in [9.17, 15) is 0 Å². The van der Waals surface area contributed by atoms with Crippen LogP contribution in [0.25, 0.3) is 0 Å². The summed E-state index contributed by atoms with van der Waals surface area (Å²) in [7, 11) is 2.12. The number of H-pyrrole nitrogens is 1. The zero-order chi connectivity index (χ0) is 14.5. The summed E-state index contributed by atoms with van der Waals surface area (Å²) < 4.78 is 2.19. The summed E-state index contributed by atoms with van der Waals surface area (Å²) in [6.45, 7) is 2.29. The first kappa shape index (κ1) is 17.3. The van der Waals surface area contributed by atoms with Gasteiger partial charge in [-0.25, -0.2) is 9.55 Å². The topological polar surface area (TPSA) is 19.7 Å². The second-order valence-electron chi connectivity index (χ2n) is 6.16. The second-order valence-corrected chi connectivity index (χ2v) is 6.16. The van der Waals surface area contributed by atoms with Gasteiger partial charge in [0, 0.05) is 6.42 Å². The van der Waals surface area contributed by atoms with Gasteiger partial charge in [0.2, 0.25) is 0 Å². The summed E-state index contributed by atoms with van der Waals surface area (Å²) in [5.41, 5.74) is 0. The summed E-state index contributed by atoms with van der Waals surface area (Å²) in [6.07, 6.45) is 22.4. The van der Waals surface area contributed by atoms with Gasteiger partial charge in [-0.3, -0.25) is 0 Å². The number of hydrogen-bond donors (Lipinski definition) is 1. The van der Waals surface area contributed by atoms with E-state index in [1.54, 1.807) is 0 Å². The molecule has 0 aliphatic heterocycles. The standard InChI is InChI=1S/C18H34N2/c1-3-4-5-6-7-8-9-10-11-12-13-14-15-18-19-16-17-20(18)2/h16-17H,3-15H2,1-2H3/p+1. The molecule has 0 bridgehead atoms. The van der Waals surface area contributed by atoms with Crippen LogP contribution in [0, 0.1) is 0 Å². The zero-order valence-corrected chi connectivity index (χ0v) is 13.8. The van der Waals surface area contributed by atoms with Crippen LogP contribution in [-0.4, -0.2) is 4.98 Å². The van der Waals surface area contributed by atoms with Crippen LogP contribution in [0.2, 0.25) is 0 Å². The first-order valence-corrected chi connectivity index (χ1v) is 8.86. The predicted molar refractivity (Wildman–Crippen MR) is 86.8 cm³/mol. The molecule has 1 N–H and O–H groups in total. The van der Waals surface area contributed by atoms with Crippen molar-refractivity contribution in [3.8, 4) is 0 Å². The summed E-state index contributed by atoms with van der Waals surface area (Å²) in [5.74, 6) is 1.36. The molecular weight excluding hydrogens is 244 g/mol. The molecule has 0 atom stereocenters. The molecule has 1 rings (SSSR count). The maximum atomic E-state index is 3.31. The van der Waals surface area contributed by atoms with Gasteiger partial charge in [0.15, 0.2) is 0 Å². The number of unbranched alkanes of at least 4 members (excludes halogenated alkanes) is 11. The van der Waals surface area contributed by atoms with Gasteiger partial charge < -0.3 is 0 Å². The van der Waals surface area contributed by atoms with E-state index in [1.165, 1.54) is 89.3 Å². The lowest BCUT2D eigenvalue weighted by atomic mass is 10.0. The highest BCUT2D eigenvalue weighted by molar-refractivity contribution is 4.76. The lowest BCUT2D eigenvalue weighted by Crippen LogP contribution is -2.30. The molecule has 1 aromatic heterocycles. The van der Waals surface area contributed by atoms with Crippen molar-refractivity contribution in [2.24, 2.45) is 7.05 Å². The van der Waals surface area contributed by atoms with Crippen LogP contribution in [-0.2, 0) is 13.5 Å². The van der Waals surface area contributed by atoms with E-state index in [1.807, 2.05) is 6.20 Å². The molecule has 0 amide bonds. The van der Waals surface area contributed by atoms with Crippen molar-refractivity contribution >= 4 is 0 Å². The Morgan fingerprint density at radius 2 is 1.30 bits per heavy atom. The minimum absolute atomic E-state index is 1.20. The number of aryl methyl sites for hydroxylation is 2. The Balaban J connectivity index is 1.78. The Labute approximate surface area is 126 Å². The van der Waals surface area contributed by atoms with E-state index in [4.69, 9.17) is 0 Å². The fourth-order valence-corrected chi connectivity index (χ4v) is 2.82. The number of nitrogens with one attached hydrogen (secondary N) is 1. The van der Waals surface area contributed by atoms with E-state index in [0.29, 0.717) is 0 Å². The van der Waals surface area contributed by atoms with E-state index in [2.05, 4.69) is 29.7 Å². The van der Waals surface area contributed by atoms with Crippen LogP contribution in [0.15, 0.2) is 12.4 Å². The first-order chi connectivity index (χ1) is 9.84. The maximum Gasteiger partial charge on any atom is 0.253 e. The largest absolute Gasteiger partial charge is 0.253 e. The third kappa shape index (κ3) is 8.39. The molecule has 0 aromatic carbocycles. The Morgan fingerprint density at radius 3 is 1.75 bits per heavy atom. The smallest absolute Gasteiger partial charge is 0.248 e. The number of nitrogens with zero attached hydrogens (tertiary/aromatic N) is 1.